The molecule has 1 atom stereocenters. The topological polar surface area (TPSA) is 96.3 Å². The molecule has 96 valence electrons. The predicted octanol–water partition coefficient (Wildman–Crippen LogP) is -1.18. The van der Waals surface area contributed by atoms with Gasteiger partial charge in [0, 0.05) is 12.6 Å². The van der Waals surface area contributed by atoms with Crippen molar-refractivity contribution in [3.8, 4) is 0 Å². The number of ether oxygens (including phenoxy) is 2. The van der Waals surface area contributed by atoms with E-state index in [1.807, 2.05) is 0 Å². The fourth-order valence-electron chi connectivity index (χ4n) is 1.28. The van der Waals surface area contributed by atoms with Gasteiger partial charge in [0.1, 0.15) is 12.8 Å². The molecule has 7 heteroatoms. The number of aliphatic hydroxyl groups excluding tert-OH is 1. The van der Waals surface area contributed by atoms with E-state index in [4.69, 9.17) is 14.6 Å². The highest BCUT2D eigenvalue weighted by molar-refractivity contribution is 5.90. The summed E-state index contributed by atoms with van der Waals surface area (Å²) in [6, 6.07) is 0. The second-order valence-corrected chi connectivity index (χ2v) is 3.36. The van der Waals surface area contributed by atoms with Crippen LogP contribution in [0.3, 0.4) is 0 Å². The Labute approximate surface area is 98.2 Å². The summed E-state index contributed by atoms with van der Waals surface area (Å²) in [5.41, 5.74) is 0. The zero-order valence-electron chi connectivity index (χ0n) is 9.24. The third-order valence-electron chi connectivity index (χ3n) is 2.09. The zero-order chi connectivity index (χ0) is 12.7. The Balaban J connectivity index is 1.98. The third kappa shape index (κ3) is 4.94. The first-order valence-electron chi connectivity index (χ1n) is 5.15. The summed E-state index contributed by atoms with van der Waals surface area (Å²) in [4.78, 5) is 22.5. The van der Waals surface area contributed by atoms with Crippen molar-refractivity contribution in [3.05, 3.63) is 12.2 Å². The van der Waals surface area contributed by atoms with E-state index in [9.17, 15) is 14.7 Å². The van der Waals surface area contributed by atoms with Gasteiger partial charge < -0.3 is 24.6 Å². The van der Waals surface area contributed by atoms with Crippen molar-refractivity contribution in [2.24, 2.45) is 0 Å². The zero-order valence-corrected chi connectivity index (χ0v) is 9.24. The summed E-state index contributed by atoms with van der Waals surface area (Å²) >= 11 is 0. The smallest absolute Gasteiger partial charge is 0.329 e. The molecule has 1 heterocycles. The van der Waals surface area contributed by atoms with E-state index >= 15 is 0 Å². The minimum atomic E-state index is -1.03. The van der Waals surface area contributed by atoms with Gasteiger partial charge in [-0.25, -0.2) is 4.79 Å². The van der Waals surface area contributed by atoms with Gasteiger partial charge in [-0.2, -0.15) is 0 Å². The molecule has 0 spiro atoms. The predicted molar refractivity (Wildman–Crippen MR) is 56.1 cm³/mol. The van der Waals surface area contributed by atoms with Gasteiger partial charge in [-0.3, -0.25) is 4.79 Å². The maximum absolute atomic E-state index is 11.2. The molecule has 1 aliphatic rings. The van der Waals surface area contributed by atoms with E-state index in [-0.39, 0.29) is 38.9 Å². The maximum atomic E-state index is 11.2. The van der Waals surface area contributed by atoms with Crippen molar-refractivity contribution in [3.63, 3.8) is 0 Å². The van der Waals surface area contributed by atoms with E-state index < -0.39 is 12.2 Å². The summed E-state index contributed by atoms with van der Waals surface area (Å²) in [7, 11) is 0. The average molecular weight is 245 g/mol. The number of carbonyl (C=O) groups is 2. The maximum Gasteiger partial charge on any atom is 0.329 e. The largest absolute Gasteiger partial charge is 0.480 e. The molecule has 1 unspecified atom stereocenters. The number of carboxylic acids is 1. The van der Waals surface area contributed by atoms with E-state index in [1.165, 1.54) is 17.1 Å². The molecule has 0 aromatic heterocycles. The Morgan fingerprint density at radius 1 is 1.35 bits per heavy atom. The average Bonchev–Trinajstić information content (AvgIpc) is 2.58. The highest BCUT2D eigenvalue weighted by Crippen LogP contribution is 2.07. The van der Waals surface area contributed by atoms with Gasteiger partial charge in [0.05, 0.1) is 19.8 Å². The molecule has 0 fully saturated rings. The number of hydrogen-bond acceptors (Lipinski definition) is 5. The van der Waals surface area contributed by atoms with Crippen LogP contribution in [-0.4, -0.2) is 66.2 Å². The van der Waals surface area contributed by atoms with Gasteiger partial charge in [-0.15, -0.1) is 0 Å². The molecule has 1 amide bonds. The van der Waals surface area contributed by atoms with Gasteiger partial charge in [-0.05, 0) is 6.08 Å². The number of aliphatic hydroxyl groups is 1. The molecular formula is C10H15NO6. The lowest BCUT2D eigenvalue weighted by molar-refractivity contribution is -0.143. The Morgan fingerprint density at radius 2 is 2.06 bits per heavy atom. The summed E-state index contributed by atoms with van der Waals surface area (Å²) in [5.74, 6) is -1.27. The van der Waals surface area contributed by atoms with Crippen LogP contribution in [0.2, 0.25) is 0 Å². The third-order valence-corrected chi connectivity index (χ3v) is 2.09. The van der Waals surface area contributed by atoms with Gasteiger partial charge in [-0.1, -0.05) is 0 Å². The van der Waals surface area contributed by atoms with Crippen molar-refractivity contribution in [1.29, 1.82) is 0 Å². The minimum absolute atomic E-state index is 0.182. The van der Waals surface area contributed by atoms with E-state index in [0.717, 1.165) is 0 Å². The highest BCUT2D eigenvalue weighted by Gasteiger charge is 2.22. The van der Waals surface area contributed by atoms with Crippen LogP contribution in [-0.2, 0) is 19.1 Å². The summed E-state index contributed by atoms with van der Waals surface area (Å²) in [6.45, 7) is 0.628. The molecule has 2 N–H and O–H groups in total. The second-order valence-electron chi connectivity index (χ2n) is 3.36. The first-order valence-corrected chi connectivity index (χ1v) is 5.15. The quantitative estimate of drug-likeness (QED) is 0.523. The summed E-state index contributed by atoms with van der Waals surface area (Å²) in [6.07, 6.45) is 1.83. The van der Waals surface area contributed by atoms with Gasteiger partial charge >= 0.3 is 5.97 Å². The van der Waals surface area contributed by atoms with Crippen molar-refractivity contribution in [2.45, 2.75) is 6.23 Å². The summed E-state index contributed by atoms with van der Waals surface area (Å²) in [5, 5.41) is 17.6. The number of carboxylic acid groups (broad SMARTS) is 1. The van der Waals surface area contributed by atoms with Crippen molar-refractivity contribution >= 4 is 11.9 Å². The lowest BCUT2D eigenvalue weighted by Crippen LogP contribution is -2.36. The Kier molecular flexibility index (Phi) is 5.61. The van der Waals surface area contributed by atoms with Crippen LogP contribution in [0, 0.1) is 0 Å². The lowest BCUT2D eigenvalue weighted by Gasteiger charge is -2.19. The van der Waals surface area contributed by atoms with E-state index in [0.29, 0.717) is 0 Å². The number of carbonyl (C=O) groups excluding carboxylic acids is 1. The molecular weight excluding hydrogens is 230 g/mol. The van der Waals surface area contributed by atoms with Crippen LogP contribution < -0.4 is 0 Å². The van der Waals surface area contributed by atoms with E-state index in [2.05, 4.69) is 0 Å². The monoisotopic (exact) mass is 245 g/mol. The number of aliphatic carboxylic acids is 1. The SMILES string of the molecule is O=C(O)COCCOCCN1C(=O)C=CC1O. The Bertz CT molecular complexity index is 303. The standard InChI is InChI=1S/C10H15NO6/c12-8-1-2-9(13)11(8)3-4-16-5-6-17-7-10(14)15/h1-2,8,12H,3-7H2,(H,14,15). The first kappa shape index (κ1) is 13.6. The van der Waals surface area contributed by atoms with Crippen LogP contribution in [0.25, 0.3) is 0 Å². The molecule has 0 aromatic carbocycles. The van der Waals surface area contributed by atoms with Crippen LogP contribution in [0.1, 0.15) is 0 Å². The van der Waals surface area contributed by atoms with Crippen LogP contribution in [0.15, 0.2) is 12.2 Å². The Hall–Kier alpha value is -1.44. The molecule has 0 bridgehead atoms. The number of nitrogens with zero attached hydrogens (tertiary/aromatic N) is 1. The van der Waals surface area contributed by atoms with Gasteiger partial charge in [0.15, 0.2) is 0 Å². The van der Waals surface area contributed by atoms with Crippen molar-refractivity contribution in [2.75, 3.05) is 33.0 Å². The molecule has 17 heavy (non-hydrogen) atoms. The molecule has 0 saturated heterocycles. The molecule has 0 saturated carbocycles. The van der Waals surface area contributed by atoms with Gasteiger partial charge in [0.25, 0.3) is 0 Å². The molecule has 1 rings (SSSR count). The molecule has 1 aliphatic heterocycles. The van der Waals surface area contributed by atoms with Crippen molar-refractivity contribution in [1.82, 2.24) is 4.90 Å². The first-order chi connectivity index (χ1) is 8.11. The summed E-state index contributed by atoms with van der Waals surface area (Å²) < 4.78 is 9.87. The molecule has 0 aliphatic carbocycles. The fraction of sp³-hybridized carbons (Fsp3) is 0.600. The van der Waals surface area contributed by atoms with Crippen LogP contribution >= 0.6 is 0 Å². The number of rotatable bonds is 8. The number of amides is 1. The lowest BCUT2D eigenvalue weighted by atomic mass is 10.5. The minimum Gasteiger partial charge on any atom is -0.480 e. The highest BCUT2D eigenvalue weighted by atomic mass is 16.5. The van der Waals surface area contributed by atoms with Gasteiger partial charge in [0.2, 0.25) is 5.91 Å². The van der Waals surface area contributed by atoms with Crippen LogP contribution in [0.4, 0.5) is 0 Å². The number of hydrogen-bond donors (Lipinski definition) is 2. The molecule has 0 aromatic rings. The fourth-order valence-corrected chi connectivity index (χ4v) is 1.28. The molecule has 0 radical (unpaired) electrons. The Morgan fingerprint density at radius 3 is 2.65 bits per heavy atom. The second kappa shape index (κ2) is 7.00. The van der Waals surface area contributed by atoms with E-state index in [1.54, 1.807) is 0 Å². The molecule has 7 nitrogen and oxygen atoms in total. The van der Waals surface area contributed by atoms with Crippen LogP contribution in [0.5, 0.6) is 0 Å². The van der Waals surface area contributed by atoms with Crippen molar-refractivity contribution < 1.29 is 29.3 Å². The normalized spacial score (nSPS) is 19.0.